The maximum Gasteiger partial charge on any atom is 0.0651 e. The molecule has 1 aromatic heterocycles. The zero-order chi connectivity index (χ0) is 8.85. The van der Waals surface area contributed by atoms with E-state index in [0.29, 0.717) is 0 Å². The number of hydrogen-bond acceptors (Lipinski definition) is 1. The van der Waals surface area contributed by atoms with Gasteiger partial charge in [-0.1, -0.05) is 20.8 Å². The predicted octanol–water partition coefficient (Wildman–Crippen LogP) is 2.62. The summed E-state index contributed by atoms with van der Waals surface area (Å²) in [5, 5.41) is 7.05. The van der Waals surface area contributed by atoms with E-state index in [9.17, 15) is 0 Å². The topological polar surface area (TPSA) is 28.7 Å². The summed E-state index contributed by atoms with van der Waals surface area (Å²) < 4.78 is 0. The quantitative estimate of drug-likeness (QED) is 0.661. The lowest BCUT2D eigenvalue weighted by Gasteiger charge is -1.88. The van der Waals surface area contributed by atoms with Gasteiger partial charge >= 0.3 is 0 Å². The molecule has 0 spiro atoms. The van der Waals surface area contributed by atoms with Crippen LogP contribution in [0.15, 0.2) is 0 Å². The van der Waals surface area contributed by atoms with Gasteiger partial charge in [0.05, 0.1) is 5.69 Å². The Kier molecular flexibility index (Phi) is 4.59. The van der Waals surface area contributed by atoms with Gasteiger partial charge < -0.3 is 0 Å². The van der Waals surface area contributed by atoms with E-state index in [1.165, 1.54) is 17.0 Å². The first-order valence-corrected chi connectivity index (χ1v) is 4.26. The van der Waals surface area contributed by atoms with Crippen LogP contribution in [0.4, 0.5) is 0 Å². The number of nitrogens with zero attached hydrogens (tertiary/aromatic N) is 1. The number of aromatic nitrogens is 2. The van der Waals surface area contributed by atoms with Crippen molar-refractivity contribution < 1.29 is 0 Å². The van der Waals surface area contributed by atoms with E-state index in [1.54, 1.807) is 0 Å². The Morgan fingerprint density at radius 2 is 1.82 bits per heavy atom. The van der Waals surface area contributed by atoms with Gasteiger partial charge in [-0.2, -0.15) is 5.10 Å². The Balaban J connectivity index is 0.000000461. The van der Waals surface area contributed by atoms with Crippen LogP contribution in [0.25, 0.3) is 0 Å². The monoisotopic (exact) mass is 154 g/mol. The van der Waals surface area contributed by atoms with Crippen molar-refractivity contribution in [3.05, 3.63) is 17.0 Å². The average Bonchev–Trinajstić information content (AvgIpc) is 2.37. The number of H-pyrrole nitrogens is 1. The molecule has 2 heteroatoms. The number of nitrogens with one attached hydrogen (secondary N) is 1. The molecule has 0 unspecified atom stereocenters. The number of aryl methyl sites for hydroxylation is 2. The third-order valence-electron chi connectivity index (χ3n) is 1.69. The molecule has 0 saturated carbocycles. The van der Waals surface area contributed by atoms with Crippen LogP contribution < -0.4 is 0 Å². The van der Waals surface area contributed by atoms with Crippen molar-refractivity contribution in [1.29, 1.82) is 0 Å². The maximum atomic E-state index is 4.11. The average molecular weight is 154 g/mol. The number of aromatic amines is 1. The van der Waals surface area contributed by atoms with E-state index in [4.69, 9.17) is 0 Å². The van der Waals surface area contributed by atoms with E-state index in [1.807, 2.05) is 20.8 Å². The fourth-order valence-corrected chi connectivity index (χ4v) is 0.880. The summed E-state index contributed by atoms with van der Waals surface area (Å²) in [6.07, 6.45) is 1.02. The van der Waals surface area contributed by atoms with Gasteiger partial charge in [-0.3, -0.25) is 5.10 Å². The molecule has 64 valence electrons. The second-order valence-corrected chi connectivity index (χ2v) is 2.27. The van der Waals surface area contributed by atoms with E-state index < -0.39 is 0 Å². The van der Waals surface area contributed by atoms with Gasteiger partial charge in [0, 0.05) is 5.69 Å². The highest BCUT2D eigenvalue weighted by atomic mass is 15.1. The maximum absolute atomic E-state index is 4.11. The first kappa shape index (κ1) is 10.2. The van der Waals surface area contributed by atoms with E-state index in [-0.39, 0.29) is 0 Å². The van der Waals surface area contributed by atoms with Crippen molar-refractivity contribution in [2.24, 2.45) is 0 Å². The van der Waals surface area contributed by atoms with Crippen LogP contribution in [-0.2, 0) is 6.42 Å². The lowest BCUT2D eigenvalue weighted by Crippen LogP contribution is -1.81. The third-order valence-corrected chi connectivity index (χ3v) is 1.69. The smallest absolute Gasteiger partial charge is 0.0651 e. The minimum atomic E-state index is 1.02. The fourth-order valence-electron chi connectivity index (χ4n) is 0.880. The summed E-state index contributed by atoms with van der Waals surface area (Å²) in [5.74, 6) is 0. The number of hydrogen-bond donors (Lipinski definition) is 1. The van der Waals surface area contributed by atoms with Crippen molar-refractivity contribution in [2.75, 3.05) is 0 Å². The minimum absolute atomic E-state index is 1.02. The van der Waals surface area contributed by atoms with Gasteiger partial charge in [0.2, 0.25) is 0 Å². The largest absolute Gasteiger partial charge is 0.282 e. The van der Waals surface area contributed by atoms with Crippen LogP contribution in [0.3, 0.4) is 0 Å². The lowest BCUT2D eigenvalue weighted by molar-refractivity contribution is 0.959. The molecule has 1 N–H and O–H groups in total. The summed E-state index contributed by atoms with van der Waals surface area (Å²) >= 11 is 0. The highest BCUT2D eigenvalue weighted by Gasteiger charge is 2.00. The summed E-state index contributed by atoms with van der Waals surface area (Å²) in [7, 11) is 0. The molecule has 1 heterocycles. The first-order chi connectivity index (χ1) is 5.25. The van der Waals surface area contributed by atoms with E-state index in [0.717, 1.165) is 6.42 Å². The van der Waals surface area contributed by atoms with Crippen LogP contribution in [-0.4, -0.2) is 10.2 Å². The molecule has 0 fully saturated rings. The zero-order valence-corrected chi connectivity index (χ0v) is 8.15. The fraction of sp³-hybridized carbons (Fsp3) is 0.667. The molecule has 0 atom stereocenters. The molecule has 0 aliphatic heterocycles. The van der Waals surface area contributed by atoms with E-state index >= 15 is 0 Å². The van der Waals surface area contributed by atoms with Crippen LogP contribution in [0.1, 0.15) is 37.7 Å². The molecule has 0 aliphatic carbocycles. The molecule has 0 amide bonds. The SMILES string of the molecule is CC.CCc1n[nH]c(C)c1C. The molecular formula is C9H18N2. The molecule has 11 heavy (non-hydrogen) atoms. The summed E-state index contributed by atoms with van der Waals surface area (Å²) in [5.41, 5.74) is 3.68. The minimum Gasteiger partial charge on any atom is -0.282 e. The molecule has 1 rings (SSSR count). The Morgan fingerprint density at radius 1 is 1.27 bits per heavy atom. The Morgan fingerprint density at radius 3 is 2.00 bits per heavy atom. The van der Waals surface area contributed by atoms with Crippen LogP contribution in [0, 0.1) is 13.8 Å². The molecular weight excluding hydrogens is 136 g/mol. The highest BCUT2D eigenvalue weighted by molar-refractivity contribution is 5.21. The molecule has 0 bridgehead atoms. The first-order valence-electron chi connectivity index (χ1n) is 4.26. The van der Waals surface area contributed by atoms with Gasteiger partial charge in [0.25, 0.3) is 0 Å². The molecule has 0 aliphatic rings. The standard InChI is InChI=1S/C7H12N2.C2H6/c1-4-7-5(2)6(3)8-9-7;1-2/h4H2,1-3H3,(H,8,9);1-2H3. The van der Waals surface area contributed by atoms with Crippen LogP contribution >= 0.6 is 0 Å². The summed E-state index contributed by atoms with van der Waals surface area (Å²) in [6, 6.07) is 0. The molecule has 1 aromatic rings. The predicted molar refractivity (Wildman–Crippen MR) is 48.8 cm³/mol. The van der Waals surface area contributed by atoms with Gasteiger partial charge in [-0.25, -0.2) is 0 Å². The normalized spacial score (nSPS) is 8.82. The van der Waals surface area contributed by atoms with Crippen molar-refractivity contribution in [3.8, 4) is 0 Å². The van der Waals surface area contributed by atoms with Gasteiger partial charge in [0.15, 0.2) is 0 Å². The Bertz CT molecular complexity index is 201. The summed E-state index contributed by atoms with van der Waals surface area (Å²) in [4.78, 5) is 0. The molecule has 0 saturated heterocycles. The lowest BCUT2D eigenvalue weighted by atomic mass is 10.2. The van der Waals surface area contributed by atoms with Crippen LogP contribution in [0.5, 0.6) is 0 Å². The van der Waals surface area contributed by atoms with Gasteiger partial charge in [0.1, 0.15) is 0 Å². The molecule has 0 aromatic carbocycles. The van der Waals surface area contributed by atoms with E-state index in [2.05, 4.69) is 24.0 Å². The van der Waals surface area contributed by atoms with Crippen molar-refractivity contribution >= 4 is 0 Å². The zero-order valence-electron chi connectivity index (χ0n) is 8.15. The van der Waals surface area contributed by atoms with Gasteiger partial charge in [-0.05, 0) is 25.8 Å². The van der Waals surface area contributed by atoms with Gasteiger partial charge in [-0.15, -0.1) is 0 Å². The second kappa shape index (κ2) is 4.94. The Hall–Kier alpha value is -0.790. The van der Waals surface area contributed by atoms with Crippen LogP contribution in [0.2, 0.25) is 0 Å². The third kappa shape index (κ3) is 2.37. The van der Waals surface area contributed by atoms with Crippen molar-refractivity contribution in [2.45, 2.75) is 41.0 Å². The molecule has 0 radical (unpaired) electrons. The number of rotatable bonds is 1. The Labute approximate surface area is 69.0 Å². The summed E-state index contributed by atoms with van der Waals surface area (Å²) in [6.45, 7) is 10.3. The highest BCUT2D eigenvalue weighted by Crippen LogP contribution is 2.07. The van der Waals surface area contributed by atoms with Crippen molar-refractivity contribution in [3.63, 3.8) is 0 Å². The second-order valence-electron chi connectivity index (χ2n) is 2.27. The van der Waals surface area contributed by atoms with Crippen molar-refractivity contribution in [1.82, 2.24) is 10.2 Å². The molecule has 2 nitrogen and oxygen atoms in total.